The van der Waals surface area contributed by atoms with Crippen molar-refractivity contribution in [2.24, 2.45) is 0 Å². The van der Waals surface area contributed by atoms with Gasteiger partial charge in [-0.3, -0.25) is 30.3 Å². The number of nitrogen functional groups attached to an aromatic ring is 1. The molecule has 0 aliphatic heterocycles. The number of halogens is 2. The summed E-state index contributed by atoms with van der Waals surface area (Å²) in [7, 11) is 1.28. The van der Waals surface area contributed by atoms with Crippen LogP contribution < -0.4 is 25.9 Å². The lowest BCUT2D eigenvalue weighted by atomic mass is 10.2. The first kappa shape index (κ1) is 44.8. The maximum Gasteiger partial charge on any atom is 0.407 e. The number of nitrogens with zero attached hydrogens (tertiary/aromatic N) is 4. The van der Waals surface area contributed by atoms with Crippen LogP contribution in [0.15, 0.2) is 35.3 Å². The van der Waals surface area contributed by atoms with Gasteiger partial charge >= 0.3 is 22.1 Å². The molecule has 280 valence electrons. The van der Waals surface area contributed by atoms with Crippen molar-refractivity contribution in [2.45, 2.75) is 26.4 Å². The Morgan fingerprint density at radius 2 is 1.63 bits per heavy atom. The predicted molar refractivity (Wildman–Crippen MR) is 199 cm³/mol. The third kappa shape index (κ3) is 18.0. The molecule has 4 aromatic heterocycles. The van der Waals surface area contributed by atoms with Crippen LogP contribution in [0.1, 0.15) is 40.1 Å². The Morgan fingerprint density at radius 1 is 1.02 bits per heavy atom. The van der Waals surface area contributed by atoms with Crippen LogP contribution in [-0.2, 0) is 9.47 Å². The fourth-order valence-electron chi connectivity index (χ4n) is 2.71. The Bertz CT molecular complexity index is 1710. The Labute approximate surface area is 319 Å². The van der Waals surface area contributed by atoms with Gasteiger partial charge < -0.3 is 30.4 Å². The third-order valence-corrected chi connectivity index (χ3v) is 8.66. The molecular formula is C26H32BrClN8O11S4. The summed E-state index contributed by atoms with van der Waals surface area (Å²) in [6.07, 6.45) is 1.87. The fraction of sp³-hybridized carbons (Fsp3) is 0.346. The van der Waals surface area contributed by atoms with E-state index >= 15 is 0 Å². The van der Waals surface area contributed by atoms with Gasteiger partial charge in [0.15, 0.2) is 15.1 Å². The largest absolute Gasteiger partial charge is 0.506 e. The zero-order chi connectivity index (χ0) is 38.6. The minimum absolute atomic E-state index is 0.0168. The molecule has 0 aliphatic carbocycles. The maximum absolute atomic E-state index is 12.1. The average Bonchev–Trinajstić information content (AvgIpc) is 3.88. The van der Waals surface area contributed by atoms with Crippen molar-refractivity contribution >= 4 is 111 Å². The highest BCUT2D eigenvalue weighted by Crippen LogP contribution is 2.29. The van der Waals surface area contributed by atoms with Crippen molar-refractivity contribution in [3.8, 4) is 11.5 Å². The Morgan fingerprint density at radius 3 is 2.10 bits per heavy atom. The topological polar surface area (TPSA) is 273 Å². The van der Waals surface area contributed by atoms with Gasteiger partial charge in [-0.15, -0.1) is 22.7 Å². The molecule has 0 radical (unpaired) electrons. The minimum Gasteiger partial charge on any atom is -0.506 e. The third-order valence-electron chi connectivity index (χ3n) is 4.65. The average molecular weight is 876 g/mol. The number of alkyl halides is 1. The number of carbonyl (C=O) groups excluding carboxylic acids is 3. The summed E-state index contributed by atoms with van der Waals surface area (Å²) in [5.74, 6) is -0.511. The molecule has 0 unspecified atom stereocenters. The number of alkyl carbamates (subject to hydrolysis) is 1. The van der Waals surface area contributed by atoms with Crippen molar-refractivity contribution in [1.82, 2.24) is 20.1 Å². The van der Waals surface area contributed by atoms with Crippen molar-refractivity contribution in [3.05, 3.63) is 65.3 Å². The highest BCUT2D eigenvalue weighted by Gasteiger charge is 2.19. The number of aromatic hydroxyl groups is 1. The molecule has 6 N–H and O–H groups in total. The first-order chi connectivity index (χ1) is 24.0. The summed E-state index contributed by atoms with van der Waals surface area (Å²) in [4.78, 5) is 63.4. The molecule has 4 heterocycles. The predicted octanol–water partition coefficient (Wildman–Crippen LogP) is 6.27. The number of nitrogens with one attached hydrogen (secondary N) is 3. The first-order valence-electron chi connectivity index (χ1n) is 13.7. The summed E-state index contributed by atoms with van der Waals surface area (Å²) >= 11 is 12.5. The number of carbonyl (C=O) groups is 3. The van der Waals surface area contributed by atoms with E-state index in [4.69, 9.17) is 32.1 Å². The zero-order valence-electron chi connectivity index (χ0n) is 27.1. The number of nitrogens with two attached hydrogens (primary N) is 1. The Balaban J connectivity index is 0.000000368. The van der Waals surface area contributed by atoms with Gasteiger partial charge in [-0.05, 0) is 78.1 Å². The normalized spacial score (nSPS) is 10.1. The maximum atomic E-state index is 12.1. The number of aromatic nitrogens is 2. The molecule has 0 aliphatic rings. The summed E-state index contributed by atoms with van der Waals surface area (Å²) in [5.41, 5.74) is 4.71. The number of ether oxygens (including phenoxy) is 3. The molecule has 4 aromatic rings. The van der Waals surface area contributed by atoms with Gasteiger partial charge in [0.05, 0.1) is 17.0 Å². The van der Waals surface area contributed by atoms with Crippen molar-refractivity contribution in [3.63, 3.8) is 0 Å². The SMILES string of the molecule is CC(C)(C)OC(=O)NCCBr.COC(=O)c1sccc1O.Nc1ncc([N+](=O)[O-])s1.O=C(Nc1ncc([N+](=O)[O-])s1)c1sccc1OCCNCl. The molecule has 51 heavy (non-hydrogen) atoms. The van der Waals surface area contributed by atoms with E-state index in [0.29, 0.717) is 30.3 Å². The molecule has 2 amide bonds. The number of amides is 2. The van der Waals surface area contributed by atoms with Crippen LogP contribution in [0.2, 0.25) is 0 Å². The second-order valence-electron chi connectivity index (χ2n) is 9.60. The minimum atomic E-state index is -0.563. The fourth-order valence-corrected chi connectivity index (χ4v) is 5.54. The lowest BCUT2D eigenvalue weighted by Gasteiger charge is -2.19. The van der Waals surface area contributed by atoms with E-state index in [0.717, 1.165) is 51.7 Å². The lowest BCUT2D eigenvalue weighted by Crippen LogP contribution is -2.33. The number of methoxy groups -OCH3 is 1. The molecular weight excluding hydrogens is 844 g/mol. The number of thiophene rings is 2. The summed E-state index contributed by atoms with van der Waals surface area (Å²) < 4.78 is 14.8. The van der Waals surface area contributed by atoms with Crippen LogP contribution in [0.3, 0.4) is 0 Å². The van der Waals surface area contributed by atoms with Crippen molar-refractivity contribution < 1.29 is 43.5 Å². The molecule has 4 rings (SSSR count). The Kier molecular flexibility index (Phi) is 20.5. The van der Waals surface area contributed by atoms with E-state index in [2.05, 4.69) is 46.1 Å². The van der Waals surface area contributed by atoms with Gasteiger partial charge in [0.25, 0.3) is 5.91 Å². The van der Waals surface area contributed by atoms with Gasteiger partial charge in [0.2, 0.25) is 0 Å². The van der Waals surface area contributed by atoms with Crippen LogP contribution in [0.5, 0.6) is 11.5 Å². The Hall–Kier alpha value is -4.20. The number of hydrogen-bond donors (Lipinski definition) is 5. The van der Waals surface area contributed by atoms with Crippen LogP contribution in [0.4, 0.5) is 25.1 Å². The lowest BCUT2D eigenvalue weighted by molar-refractivity contribution is -0.380. The zero-order valence-corrected chi connectivity index (χ0v) is 32.7. The highest BCUT2D eigenvalue weighted by atomic mass is 79.9. The van der Waals surface area contributed by atoms with Crippen molar-refractivity contribution in [1.29, 1.82) is 0 Å². The number of esters is 1. The van der Waals surface area contributed by atoms with E-state index < -0.39 is 27.3 Å². The second-order valence-corrected chi connectivity index (χ2v) is 14.5. The molecule has 0 spiro atoms. The standard InChI is InChI=1S/C10H9ClN4O4S2.C7H14BrNO2.C6H6O3S.C3H3N3O2S/c11-13-2-3-19-6-1-4-20-8(6)9(16)14-10-12-5-7(21-10)15(17)18;1-7(2,3)11-6(10)9-5-4-8;1-9-6(8)5-4(7)2-3-10-5;4-3-5-1-2(9-3)6(7)8/h1,4-5,13H,2-3H2,(H,12,14,16);4-5H2,1-3H3,(H,9,10);2-3,7H,1H3;1H,(H2,4,5). The van der Waals surface area contributed by atoms with E-state index in [-0.39, 0.29) is 37.0 Å². The van der Waals surface area contributed by atoms with E-state index in [1.165, 1.54) is 24.5 Å². The van der Waals surface area contributed by atoms with Crippen LogP contribution in [0.25, 0.3) is 0 Å². The second kappa shape index (κ2) is 23.3. The van der Waals surface area contributed by atoms with Crippen LogP contribution in [0, 0.1) is 20.2 Å². The smallest absolute Gasteiger partial charge is 0.407 e. The monoisotopic (exact) mass is 874 g/mol. The molecule has 0 fully saturated rings. The summed E-state index contributed by atoms with van der Waals surface area (Å²) in [5, 5.41) is 38.8. The van der Waals surface area contributed by atoms with E-state index in [1.54, 1.807) is 16.8 Å². The number of rotatable bonds is 11. The van der Waals surface area contributed by atoms with Gasteiger partial charge in [-0.2, -0.15) is 0 Å². The molecule has 19 nitrogen and oxygen atoms in total. The van der Waals surface area contributed by atoms with E-state index in [1.807, 2.05) is 20.8 Å². The molecule has 0 saturated carbocycles. The van der Waals surface area contributed by atoms with Gasteiger partial charge in [-0.1, -0.05) is 15.9 Å². The summed E-state index contributed by atoms with van der Waals surface area (Å²) in [6.45, 7) is 6.83. The van der Waals surface area contributed by atoms with Crippen LogP contribution in [-0.4, -0.2) is 80.6 Å². The molecule has 0 bridgehead atoms. The number of nitro groups is 2. The van der Waals surface area contributed by atoms with Crippen LogP contribution >= 0.6 is 73.1 Å². The van der Waals surface area contributed by atoms with Gasteiger partial charge in [-0.25, -0.2) is 24.4 Å². The highest BCUT2D eigenvalue weighted by molar-refractivity contribution is 9.09. The molecule has 0 atom stereocenters. The number of thiazole rings is 2. The quantitative estimate of drug-likeness (QED) is 0.0277. The molecule has 0 saturated heterocycles. The van der Waals surface area contributed by atoms with Crippen molar-refractivity contribution in [2.75, 3.05) is 43.2 Å². The van der Waals surface area contributed by atoms with Gasteiger partial charge in [0, 0.05) is 18.4 Å². The number of anilines is 2. The molecule has 25 heteroatoms. The summed E-state index contributed by atoms with van der Waals surface area (Å²) in [6, 6.07) is 3.12. The molecule has 0 aromatic carbocycles. The number of hydrogen-bond acceptors (Lipinski definition) is 19. The van der Waals surface area contributed by atoms with Gasteiger partial charge in [0.1, 0.15) is 41.0 Å². The first-order valence-corrected chi connectivity index (χ1v) is 18.6. The van der Waals surface area contributed by atoms with E-state index in [9.17, 15) is 34.6 Å².